The van der Waals surface area contributed by atoms with E-state index in [1.807, 2.05) is 0 Å². The summed E-state index contributed by atoms with van der Waals surface area (Å²) in [7, 11) is 0. The Kier molecular flexibility index (Phi) is 7.33. The number of ether oxygens (including phenoxy) is 1. The van der Waals surface area contributed by atoms with E-state index in [9.17, 15) is 9.59 Å². The fourth-order valence-corrected chi connectivity index (χ4v) is 3.43. The summed E-state index contributed by atoms with van der Waals surface area (Å²) in [5.41, 5.74) is 0.556. The molecule has 1 saturated heterocycles. The first kappa shape index (κ1) is 19.0. The van der Waals surface area contributed by atoms with Crippen LogP contribution in [0.2, 0.25) is 5.02 Å². The molecular formula is C16H19ClN2O3S2. The Balaban J connectivity index is 1.74. The van der Waals surface area contributed by atoms with Crippen molar-refractivity contribution in [3.8, 4) is 0 Å². The summed E-state index contributed by atoms with van der Waals surface area (Å²) in [4.78, 5) is 26.0. The minimum atomic E-state index is -0.891. The number of rotatable bonds is 5. The lowest BCUT2D eigenvalue weighted by atomic mass is 10.3. The van der Waals surface area contributed by atoms with Crippen LogP contribution in [0.5, 0.6) is 0 Å². The smallest absolute Gasteiger partial charge is 0.317 e. The van der Waals surface area contributed by atoms with Gasteiger partial charge in [-0.05, 0) is 38.0 Å². The van der Waals surface area contributed by atoms with Crippen molar-refractivity contribution in [2.45, 2.75) is 25.9 Å². The average molecular weight is 387 g/mol. The number of esters is 1. The van der Waals surface area contributed by atoms with Crippen LogP contribution in [0.15, 0.2) is 24.3 Å². The second kappa shape index (κ2) is 9.25. The highest BCUT2D eigenvalue weighted by Gasteiger charge is 2.20. The SMILES string of the molecule is C[C@H](OC(=O)CSC(=S)N1CCCC1)C(=O)Nc1cccc(Cl)c1. The van der Waals surface area contributed by atoms with Gasteiger partial charge in [0, 0.05) is 23.8 Å². The predicted octanol–water partition coefficient (Wildman–Crippen LogP) is 3.32. The molecule has 1 atom stereocenters. The molecule has 0 radical (unpaired) electrons. The number of benzene rings is 1. The standard InChI is InChI=1S/C16H19ClN2O3S2/c1-11(15(21)18-13-6-4-5-12(17)9-13)22-14(20)10-24-16(23)19-7-2-3-8-19/h4-6,9,11H,2-3,7-8,10H2,1H3,(H,18,21)/t11-/m0/s1. The Labute approximate surface area is 156 Å². The van der Waals surface area contributed by atoms with Crippen molar-refractivity contribution in [3.63, 3.8) is 0 Å². The Morgan fingerprint density at radius 1 is 1.42 bits per heavy atom. The monoisotopic (exact) mass is 386 g/mol. The number of nitrogens with zero attached hydrogens (tertiary/aromatic N) is 1. The number of thioether (sulfide) groups is 1. The molecule has 1 heterocycles. The van der Waals surface area contributed by atoms with Gasteiger partial charge in [-0.2, -0.15) is 0 Å². The van der Waals surface area contributed by atoms with Gasteiger partial charge in [-0.1, -0.05) is 41.6 Å². The Morgan fingerprint density at radius 3 is 2.79 bits per heavy atom. The van der Waals surface area contributed by atoms with Crippen molar-refractivity contribution < 1.29 is 14.3 Å². The van der Waals surface area contributed by atoms with Gasteiger partial charge in [0.1, 0.15) is 4.32 Å². The Bertz CT molecular complexity index is 621. The maximum Gasteiger partial charge on any atom is 0.317 e. The summed E-state index contributed by atoms with van der Waals surface area (Å²) >= 11 is 12.4. The first-order chi connectivity index (χ1) is 11.5. The number of hydrogen-bond acceptors (Lipinski definition) is 5. The van der Waals surface area contributed by atoms with Gasteiger partial charge in [0.15, 0.2) is 6.10 Å². The van der Waals surface area contributed by atoms with E-state index in [0.717, 1.165) is 25.9 Å². The van der Waals surface area contributed by atoms with Crippen LogP contribution < -0.4 is 5.32 Å². The molecular weight excluding hydrogens is 368 g/mol. The van der Waals surface area contributed by atoms with Crippen molar-refractivity contribution in [2.75, 3.05) is 24.2 Å². The van der Waals surface area contributed by atoms with Gasteiger partial charge >= 0.3 is 5.97 Å². The van der Waals surface area contributed by atoms with Crippen molar-refractivity contribution >= 4 is 57.5 Å². The van der Waals surface area contributed by atoms with E-state index in [1.54, 1.807) is 24.3 Å². The zero-order valence-corrected chi connectivity index (χ0v) is 15.7. The molecule has 0 unspecified atom stereocenters. The molecule has 2 rings (SSSR count). The van der Waals surface area contributed by atoms with E-state index in [2.05, 4.69) is 10.2 Å². The van der Waals surface area contributed by atoms with Gasteiger partial charge in [-0.25, -0.2) is 0 Å². The highest BCUT2D eigenvalue weighted by molar-refractivity contribution is 8.23. The lowest BCUT2D eigenvalue weighted by Gasteiger charge is -2.18. The molecule has 1 aliphatic rings. The number of carbonyl (C=O) groups is 2. The molecule has 130 valence electrons. The van der Waals surface area contributed by atoms with Gasteiger partial charge in [0.25, 0.3) is 5.91 Å². The van der Waals surface area contributed by atoms with Crippen LogP contribution in [0.25, 0.3) is 0 Å². The summed E-state index contributed by atoms with van der Waals surface area (Å²) in [6, 6.07) is 6.77. The highest BCUT2D eigenvalue weighted by Crippen LogP contribution is 2.17. The van der Waals surface area contributed by atoms with Crippen molar-refractivity contribution in [2.24, 2.45) is 0 Å². The van der Waals surface area contributed by atoms with Crippen LogP contribution in [-0.2, 0) is 14.3 Å². The highest BCUT2D eigenvalue weighted by atomic mass is 35.5. The summed E-state index contributed by atoms with van der Waals surface area (Å²) in [6.45, 7) is 3.42. The molecule has 0 aliphatic carbocycles. The number of nitrogens with one attached hydrogen (secondary N) is 1. The first-order valence-corrected chi connectivity index (χ1v) is 9.40. The van der Waals surface area contributed by atoms with Gasteiger partial charge in [-0.3, -0.25) is 9.59 Å². The minimum Gasteiger partial charge on any atom is -0.452 e. The maximum absolute atomic E-state index is 12.0. The van der Waals surface area contributed by atoms with Crippen molar-refractivity contribution in [3.05, 3.63) is 29.3 Å². The molecule has 1 N–H and O–H groups in total. The first-order valence-electron chi connectivity index (χ1n) is 7.63. The molecule has 1 amide bonds. The molecule has 0 spiro atoms. The zero-order chi connectivity index (χ0) is 17.5. The Hall–Kier alpha value is -1.31. The third kappa shape index (κ3) is 5.96. The molecule has 0 saturated carbocycles. The topological polar surface area (TPSA) is 58.6 Å². The van der Waals surface area contributed by atoms with Crippen LogP contribution in [-0.4, -0.2) is 46.0 Å². The third-order valence-electron chi connectivity index (χ3n) is 3.45. The van der Waals surface area contributed by atoms with E-state index in [0.29, 0.717) is 15.0 Å². The van der Waals surface area contributed by atoms with Gasteiger partial charge in [0.2, 0.25) is 0 Å². The fourth-order valence-electron chi connectivity index (χ4n) is 2.21. The summed E-state index contributed by atoms with van der Waals surface area (Å²) in [5, 5.41) is 3.17. The van der Waals surface area contributed by atoms with Gasteiger partial charge in [0.05, 0.1) is 5.75 Å². The second-order valence-corrected chi connectivity index (χ2v) is 7.43. The fraction of sp³-hybridized carbons (Fsp3) is 0.438. The predicted molar refractivity (Wildman–Crippen MR) is 101 cm³/mol. The normalized spacial score (nSPS) is 15.0. The van der Waals surface area contributed by atoms with E-state index in [-0.39, 0.29) is 5.75 Å². The molecule has 1 aliphatic heterocycles. The lowest BCUT2D eigenvalue weighted by Crippen LogP contribution is -2.31. The largest absolute Gasteiger partial charge is 0.452 e. The number of anilines is 1. The molecule has 1 aromatic carbocycles. The molecule has 0 bridgehead atoms. The van der Waals surface area contributed by atoms with E-state index in [1.165, 1.54) is 18.7 Å². The summed E-state index contributed by atoms with van der Waals surface area (Å²) < 4.78 is 5.85. The zero-order valence-electron chi connectivity index (χ0n) is 13.3. The number of carbonyl (C=O) groups excluding carboxylic acids is 2. The van der Waals surface area contributed by atoms with Crippen molar-refractivity contribution in [1.82, 2.24) is 4.90 Å². The molecule has 1 fully saturated rings. The molecule has 24 heavy (non-hydrogen) atoms. The van der Waals surface area contributed by atoms with Crippen LogP contribution >= 0.6 is 35.6 Å². The number of amides is 1. The summed E-state index contributed by atoms with van der Waals surface area (Å²) in [5.74, 6) is -0.766. The van der Waals surface area contributed by atoms with E-state index >= 15 is 0 Å². The van der Waals surface area contributed by atoms with Crippen molar-refractivity contribution in [1.29, 1.82) is 0 Å². The molecule has 8 heteroatoms. The van der Waals surface area contributed by atoms with Crippen LogP contribution in [0.4, 0.5) is 5.69 Å². The van der Waals surface area contributed by atoms with E-state index < -0.39 is 18.0 Å². The maximum atomic E-state index is 12.0. The third-order valence-corrected chi connectivity index (χ3v) is 5.18. The van der Waals surface area contributed by atoms with Gasteiger partial charge in [-0.15, -0.1) is 0 Å². The number of thiocarbonyl (C=S) groups is 1. The van der Waals surface area contributed by atoms with E-state index in [4.69, 9.17) is 28.6 Å². The average Bonchev–Trinajstić information content (AvgIpc) is 3.07. The minimum absolute atomic E-state index is 0.101. The van der Waals surface area contributed by atoms with Crippen LogP contribution in [0.3, 0.4) is 0 Å². The molecule has 5 nitrogen and oxygen atoms in total. The molecule has 0 aromatic heterocycles. The number of likely N-dealkylation sites (tertiary alicyclic amines) is 1. The number of hydrogen-bond donors (Lipinski definition) is 1. The Morgan fingerprint density at radius 2 is 2.12 bits per heavy atom. The van der Waals surface area contributed by atoms with Gasteiger partial charge < -0.3 is 15.0 Å². The lowest BCUT2D eigenvalue weighted by molar-refractivity contribution is -0.150. The summed E-state index contributed by atoms with van der Waals surface area (Å²) in [6.07, 6.45) is 1.37. The quantitative estimate of drug-likeness (QED) is 0.618. The second-order valence-electron chi connectivity index (χ2n) is 5.38. The number of halogens is 1. The van der Waals surface area contributed by atoms with Crippen LogP contribution in [0, 0.1) is 0 Å². The molecule has 1 aromatic rings. The van der Waals surface area contributed by atoms with Crippen LogP contribution in [0.1, 0.15) is 19.8 Å².